The Kier molecular flexibility index (Phi) is 9.71. The van der Waals surface area contributed by atoms with Crippen molar-refractivity contribution in [3.8, 4) is 11.5 Å². The second kappa shape index (κ2) is 11.8. The maximum absolute atomic E-state index is 11.7. The molecule has 0 bridgehead atoms. The number of Topliss-reactive ketones (excluding diaryl/α,β-unsaturated/α-hetero) is 1. The summed E-state index contributed by atoms with van der Waals surface area (Å²) < 4.78 is 35.1. The maximum atomic E-state index is 11.7. The first kappa shape index (κ1) is 25.5. The van der Waals surface area contributed by atoms with Gasteiger partial charge in [0.05, 0.1) is 29.5 Å². The fourth-order valence-corrected chi connectivity index (χ4v) is 3.57. The van der Waals surface area contributed by atoms with E-state index in [1.807, 2.05) is 11.9 Å². The van der Waals surface area contributed by atoms with E-state index in [1.165, 1.54) is 0 Å². The van der Waals surface area contributed by atoms with E-state index < -0.39 is 10.0 Å². The van der Waals surface area contributed by atoms with Crippen molar-refractivity contribution in [2.75, 3.05) is 43.8 Å². The van der Waals surface area contributed by atoms with Crippen LogP contribution < -0.4 is 19.1 Å². The number of anilines is 2. The Labute approximate surface area is 197 Å². The first-order valence-electron chi connectivity index (χ1n) is 9.21. The number of ether oxygens (including phenoxy) is 2. The summed E-state index contributed by atoms with van der Waals surface area (Å²) in [4.78, 5) is 13.6. The Bertz CT molecular complexity index is 977. The minimum Gasteiger partial charge on any atom is -0.490 e. The fraction of sp³-hybridized carbons (Fsp3) is 0.350. The Hall–Kier alpha value is -1.71. The summed E-state index contributed by atoms with van der Waals surface area (Å²) in [5.41, 5.74) is 1.59. The first-order chi connectivity index (χ1) is 14.6. The lowest BCUT2D eigenvalue weighted by molar-refractivity contribution is -0.119. The van der Waals surface area contributed by atoms with Crippen molar-refractivity contribution in [1.82, 2.24) is 4.72 Å². The minimum absolute atomic E-state index is 0.242. The molecule has 0 spiro atoms. The van der Waals surface area contributed by atoms with Crippen LogP contribution in [0.3, 0.4) is 0 Å². The third kappa shape index (κ3) is 8.38. The van der Waals surface area contributed by atoms with Gasteiger partial charge in [-0.05, 0) is 42.8 Å². The van der Waals surface area contributed by atoms with E-state index in [-0.39, 0.29) is 18.9 Å². The van der Waals surface area contributed by atoms with Crippen molar-refractivity contribution < 1.29 is 22.7 Å². The highest BCUT2D eigenvalue weighted by atomic mass is 35.5. The summed E-state index contributed by atoms with van der Waals surface area (Å²) >= 11 is 18.3. The van der Waals surface area contributed by atoms with Crippen molar-refractivity contribution >= 4 is 62.0 Å². The molecule has 0 amide bonds. The van der Waals surface area contributed by atoms with E-state index >= 15 is 0 Å². The van der Waals surface area contributed by atoms with Crippen LogP contribution in [0, 0.1) is 0 Å². The van der Waals surface area contributed by atoms with Gasteiger partial charge >= 0.3 is 0 Å². The van der Waals surface area contributed by atoms with Gasteiger partial charge in [-0.25, -0.2) is 13.1 Å². The molecular weight excluding hydrogens is 487 g/mol. The molecule has 2 rings (SSSR count). The molecule has 0 saturated carbocycles. The molecule has 0 saturated heterocycles. The van der Waals surface area contributed by atoms with E-state index in [2.05, 4.69) is 4.72 Å². The average Bonchev–Trinajstić information content (AvgIpc) is 2.72. The summed E-state index contributed by atoms with van der Waals surface area (Å²) in [6, 6.07) is 10.5. The summed E-state index contributed by atoms with van der Waals surface area (Å²) in [5.74, 6) is 0.999. The number of carbonyl (C=O) groups excluding carboxylic acids is 1. The first-order valence-corrected chi connectivity index (χ1v) is 12.4. The monoisotopic (exact) mass is 508 g/mol. The number of nitrogens with one attached hydrogen (secondary N) is 1. The molecule has 0 aliphatic carbocycles. The van der Waals surface area contributed by atoms with Crippen LogP contribution in [0.25, 0.3) is 0 Å². The molecule has 0 aliphatic rings. The third-order valence-electron chi connectivity index (χ3n) is 4.05. The SMILES string of the molecule is CN(c1ccc(OCC(=O)CNS(C)(=O)=O)cc1)c1cc(Cl)c(OCCCCl)c(Cl)c1. The molecule has 0 radical (unpaired) electrons. The second-order valence-electron chi connectivity index (χ2n) is 6.60. The van der Waals surface area contributed by atoms with Crippen LogP contribution in [0.2, 0.25) is 10.0 Å². The Morgan fingerprint density at radius 3 is 2.23 bits per heavy atom. The molecule has 0 heterocycles. The van der Waals surface area contributed by atoms with Gasteiger partial charge in [0.2, 0.25) is 10.0 Å². The van der Waals surface area contributed by atoms with Gasteiger partial charge in [-0.2, -0.15) is 0 Å². The highest BCUT2D eigenvalue weighted by Crippen LogP contribution is 2.38. The van der Waals surface area contributed by atoms with Crippen molar-refractivity contribution in [3.05, 3.63) is 46.4 Å². The molecule has 7 nitrogen and oxygen atoms in total. The number of nitrogens with zero attached hydrogens (tertiary/aromatic N) is 1. The Morgan fingerprint density at radius 1 is 1.06 bits per heavy atom. The van der Waals surface area contributed by atoms with E-state index in [0.717, 1.165) is 17.6 Å². The molecule has 11 heteroatoms. The number of sulfonamides is 1. The molecule has 31 heavy (non-hydrogen) atoms. The number of alkyl halides is 1. The van der Waals surface area contributed by atoms with Gasteiger partial charge in [0, 0.05) is 24.3 Å². The van der Waals surface area contributed by atoms with Gasteiger partial charge in [0.15, 0.2) is 11.5 Å². The normalized spacial score (nSPS) is 11.3. The fourth-order valence-electron chi connectivity index (χ4n) is 2.45. The lowest BCUT2D eigenvalue weighted by Gasteiger charge is -2.21. The van der Waals surface area contributed by atoms with Crippen LogP contribution in [0.15, 0.2) is 36.4 Å². The van der Waals surface area contributed by atoms with E-state index in [4.69, 9.17) is 44.3 Å². The van der Waals surface area contributed by atoms with Crippen LogP contribution in [0.4, 0.5) is 11.4 Å². The van der Waals surface area contributed by atoms with Gasteiger partial charge < -0.3 is 14.4 Å². The molecule has 0 atom stereocenters. The number of ketones is 1. The van der Waals surface area contributed by atoms with Crippen LogP contribution in [-0.2, 0) is 14.8 Å². The van der Waals surface area contributed by atoms with E-state index in [1.54, 1.807) is 36.4 Å². The summed E-state index contributed by atoms with van der Waals surface area (Å²) in [6.07, 6.45) is 1.67. The molecule has 0 aliphatic heterocycles. The summed E-state index contributed by atoms with van der Waals surface area (Å²) in [6.45, 7) is -0.132. The predicted molar refractivity (Wildman–Crippen MR) is 125 cm³/mol. The minimum atomic E-state index is -3.42. The average molecular weight is 510 g/mol. The van der Waals surface area contributed by atoms with Crippen molar-refractivity contribution in [2.45, 2.75) is 6.42 Å². The van der Waals surface area contributed by atoms with Gasteiger partial charge in [-0.1, -0.05) is 23.2 Å². The predicted octanol–water partition coefficient (Wildman–Crippen LogP) is 4.27. The highest BCUT2D eigenvalue weighted by molar-refractivity contribution is 7.88. The Balaban J connectivity index is 2.00. The van der Waals surface area contributed by atoms with Crippen LogP contribution in [0.1, 0.15) is 6.42 Å². The zero-order valence-electron chi connectivity index (χ0n) is 17.0. The largest absolute Gasteiger partial charge is 0.490 e. The van der Waals surface area contributed by atoms with Crippen molar-refractivity contribution in [3.63, 3.8) is 0 Å². The summed E-state index contributed by atoms with van der Waals surface area (Å²) in [7, 11) is -1.57. The highest BCUT2D eigenvalue weighted by Gasteiger charge is 2.14. The molecular formula is C20H23Cl3N2O5S. The Morgan fingerprint density at radius 2 is 1.68 bits per heavy atom. The number of carbonyl (C=O) groups is 1. The number of hydrogen-bond acceptors (Lipinski definition) is 6. The van der Waals surface area contributed by atoms with Gasteiger partial charge in [0.1, 0.15) is 12.4 Å². The zero-order valence-corrected chi connectivity index (χ0v) is 20.1. The lowest BCUT2D eigenvalue weighted by Crippen LogP contribution is -2.31. The zero-order chi connectivity index (χ0) is 23.0. The van der Waals surface area contributed by atoms with Crippen LogP contribution in [-0.4, -0.2) is 53.1 Å². The smallest absolute Gasteiger partial charge is 0.209 e. The van der Waals surface area contributed by atoms with Gasteiger partial charge in [-0.15, -0.1) is 11.6 Å². The van der Waals surface area contributed by atoms with Crippen molar-refractivity contribution in [2.24, 2.45) is 0 Å². The third-order valence-corrected chi connectivity index (χ3v) is 5.55. The van der Waals surface area contributed by atoms with E-state index in [9.17, 15) is 13.2 Å². The van der Waals surface area contributed by atoms with Gasteiger partial charge in [0.25, 0.3) is 0 Å². The van der Waals surface area contributed by atoms with E-state index in [0.29, 0.717) is 40.5 Å². The quantitative estimate of drug-likeness (QED) is 0.340. The summed E-state index contributed by atoms with van der Waals surface area (Å²) in [5, 5.41) is 0.787. The van der Waals surface area contributed by atoms with Crippen LogP contribution in [0.5, 0.6) is 11.5 Å². The number of benzene rings is 2. The molecule has 2 aromatic carbocycles. The molecule has 0 aromatic heterocycles. The molecule has 170 valence electrons. The molecule has 2 aromatic rings. The number of halogens is 3. The van der Waals surface area contributed by atoms with Gasteiger partial charge in [-0.3, -0.25) is 4.79 Å². The van der Waals surface area contributed by atoms with Crippen molar-refractivity contribution in [1.29, 1.82) is 0 Å². The lowest BCUT2D eigenvalue weighted by atomic mass is 10.2. The second-order valence-corrected chi connectivity index (χ2v) is 9.63. The number of hydrogen-bond donors (Lipinski definition) is 1. The molecule has 0 unspecified atom stereocenters. The van der Waals surface area contributed by atoms with Crippen LogP contribution >= 0.6 is 34.8 Å². The standard InChI is InChI=1S/C20H23Cl3N2O5S/c1-25(15-10-18(22)20(19(23)11-15)29-9-3-8-21)14-4-6-17(7-5-14)30-13-16(26)12-24-31(2,27)28/h4-7,10-11,24H,3,8-9,12-13H2,1-2H3. The molecule has 0 fully saturated rings. The maximum Gasteiger partial charge on any atom is 0.209 e. The topological polar surface area (TPSA) is 84.9 Å². The number of rotatable bonds is 12. The molecule has 1 N–H and O–H groups in total.